The van der Waals surface area contributed by atoms with E-state index in [2.05, 4.69) is 4.98 Å². The number of nitrogens with two attached hydrogens (primary N) is 1. The van der Waals surface area contributed by atoms with Gasteiger partial charge in [-0.2, -0.15) is 0 Å². The molecule has 0 fully saturated rings. The average Bonchev–Trinajstić information content (AvgIpc) is 2.58. The van der Waals surface area contributed by atoms with Crippen molar-refractivity contribution in [1.82, 2.24) is 9.55 Å². The Bertz CT molecular complexity index is 614. The third kappa shape index (κ3) is 2.59. The summed E-state index contributed by atoms with van der Waals surface area (Å²) in [6.45, 7) is -0.0250. The first-order valence-corrected chi connectivity index (χ1v) is 6.82. The SMILES string of the molecule is NC(=O)Cn1c(CCCl)nc2cc(I)c(F)cc21. The van der Waals surface area contributed by atoms with Gasteiger partial charge in [0.05, 0.1) is 14.6 Å². The van der Waals surface area contributed by atoms with E-state index in [9.17, 15) is 9.18 Å². The van der Waals surface area contributed by atoms with Crippen molar-refractivity contribution in [2.75, 3.05) is 5.88 Å². The summed E-state index contributed by atoms with van der Waals surface area (Å²) >= 11 is 7.59. The first kappa shape index (κ1) is 13.5. The maximum absolute atomic E-state index is 13.6. The molecule has 0 aliphatic heterocycles. The number of primary amides is 1. The Kier molecular flexibility index (Phi) is 4.06. The van der Waals surface area contributed by atoms with Crippen molar-refractivity contribution >= 4 is 51.1 Å². The molecule has 0 bridgehead atoms. The van der Waals surface area contributed by atoms with Gasteiger partial charge < -0.3 is 10.3 Å². The first-order chi connectivity index (χ1) is 8.52. The third-order valence-corrected chi connectivity index (χ3v) is 3.52. The highest BCUT2D eigenvalue weighted by atomic mass is 127. The fourth-order valence-corrected chi connectivity index (χ4v) is 2.40. The molecule has 0 aliphatic carbocycles. The van der Waals surface area contributed by atoms with Gasteiger partial charge in [0.1, 0.15) is 18.2 Å². The number of hydrogen-bond donors (Lipinski definition) is 1. The summed E-state index contributed by atoms with van der Waals surface area (Å²) in [5, 5.41) is 0. The number of imidazole rings is 1. The van der Waals surface area contributed by atoms with Crippen LogP contribution in [0.5, 0.6) is 0 Å². The average molecular weight is 382 g/mol. The molecular weight excluding hydrogens is 371 g/mol. The van der Waals surface area contributed by atoms with Crippen LogP contribution in [0, 0.1) is 9.39 Å². The minimum atomic E-state index is -0.496. The van der Waals surface area contributed by atoms with E-state index in [4.69, 9.17) is 17.3 Å². The number of halogens is 3. The number of rotatable bonds is 4. The zero-order valence-corrected chi connectivity index (χ0v) is 12.2. The van der Waals surface area contributed by atoms with E-state index in [1.807, 2.05) is 22.6 Å². The van der Waals surface area contributed by atoms with E-state index in [0.717, 1.165) is 0 Å². The summed E-state index contributed by atoms with van der Waals surface area (Å²) in [6, 6.07) is 3.01. The molecular formula is C11H10ClFIN3O. The zero-order valence-electron chi connectivity index (χ0n) is 9.29. The molecule has 18 heavy (non-hydrogen) atoms. The molecule has 1 amide bonds. The highest BCUT2D eigenvalue weighted by Gasteiger charge is 2.14. The van der Waals surface area contributed by atoms with Gasteiger partial charge in [0, 0.05) is 18.4 Å². The number of aromatic nitrogens is 2. The highest BCUT2D eigenvalue weighted by Crippen LogP contribution is 2.22. The molecule has 1 heterocycles. The van der Waals surface area contributed by atoms with Gasteiger partial charge >= 0.3 is 0 Å². The van der Waals surface area contributed by atoms with E-state index >= 15 is 0 Å². The summed E-state index contributed by atoms with van der Waals surface area (Å²) in [5.74, 6) is 0.178. The molecule has 1 aromatic heterocycles. The highest BCUT2D eigenvalue weighted by molar-refractivity contribution is 14.1. The van der Waals surface area contributed by atoms with E-state index in [1.165, 1.54) is 6.07 Å². The number of hydrogen-bond acceptors (Lipinski definition) is 2. The van der Waals surface area contributed by atoms with Crippen molar-refractivity contribution in [3.8, 4) is 0 Å². The first-order valence-electron chi connectivity index (χ1n) is 5.21. The van der Waals surface area contributed by atoms with Gasteiger partial charge in [-0.05, 0) is 28.7 Å². The molecule has 0 spiro atoms. The van der Waals surface area contributed by atoms with Crippen LogP contribution in [-0.4, -0.2) is 21.3 Å². The lowest BCUT2D eigenvalue weighted by atomic mass is 10.3. The van der Waals surface area contributed by atoms with Crippen LogP contribution >= 0.6 is 34.2 Å². The second-order valence-electron chi connectivity index (χ2n) is 3.77. The molecule has 0 aliphatic rings. The number of amides is 1. The van der Waals surface area contributed by atoms with Crippen LogP contribution in [0.15, 0.2) is 12.1 Å². The minimum Gasteiger partial charge on any atom is -0.368 e. The number of nitrogens with zero attached hydrogens (tertiary/aromatic N) is 2. The topological polar surface area (TPSA) is 60.9 Å². The van der Waals surface area contributed by atoms with Crippen molar-refractivity contribution in [2.24, 2.45) is 5.73 Å². The summed E-state index contributed by atoms with van der Waals surface area (Å²) in [4.78, 5) is 15.4. The molecule has 1 aromatic carbocycles. The molecule has 0 atom stereocenters. The largest absolute Gasteiger partial charge is 0.368 e. The number of fused-ring (bicyclic) bond motifs is 1. The molecule has 0 radical (unpaired) electrons. The van der Waals surface area contributed by atoms with Gasteiger partial charge in [-0.15, -0.1) is 11.6 Å². The number of alkyl halides is 1. The van der Waals surface area contributed by atoms with E-state index in [-0.39, 0.29) is 12.4 Å². The van der Waals surface area contributed by atoms with E-state index in [0.29, 0.717) is 32.7 Å². The molecule has 0 unspecified atom stereocenters. The standard InChI is InChI=1S/C11H10ClFIN3O/c12-2-1-11-16-8-4-7(14)6(13)3-9(8)17(11)5-10(15)18/h3-4H,1-2,5H2,(H2,15,18). The van der Waals surface area contributed by atoms with Crippen LogP contribution in [0.2, 0.25) is 0 Å². The van der Waals surface area contributed by atoms with Crippen LogP contribution in [0.25, 0.3) is 11.0 Å². The Morgan fingerprint density at radius 2 is 2.28 bits per heavy atom. The molecule has 0 saturated carbocycles. The quantitative estimate of drug-likeness (QED) is 0.651. The number of carbonyl (C=O) groups is 1. The molecule has 0 saturated heterocycles. The van der Waals surface area contributed by atoms with E-state index in [1.54, 1.807) is 10.6 Å². The number of benzene rings is 1. The lowest BCUT2D eigenvalue weighted by molar-refractivity contribution is -0.118. The van der Waals surface area contributed by atoms with Crippen LogP contribution in [0.3, 0.4) is 0 Å². The van der Waals surface area contributed by atoms with E-state index < -0.39 is 5.91 Å². The van der Waals surface area contributed by atoms with Gasteiger partial charge in [0.25, 0.3) is 0 Å². The van der Waals surface area contributed by atoms with Gasteiger partial charge in [-0.3, -0.25) is 4.79 Å². The second kappa shape index (κ2) is 5.40. The third-order valence-electron chi connectivity index (χ3n) is 2.50. The van der Waals surface area contributed by atoms with Crippen LogP contribution in [0.4, 0.5) is 4.39 Å². The monoisotopic (exact) mass is 381 g/mol. The Hall–Kier alpha value is -0.890. The predicted octanol–water partition coefficient (Wildman–Crippen LogP) is 2.05. The Labute approximate surface area is 121 Å². The van der Waals surface area contributed by atoms with Crippen LogP contribution in [-0.2, 0) is 17.8 Å². The van der Waals surface area contributed by atoms with Crippen LogP contribution < -0.4 is 5.73 Å². The van der Waals surface area contributed by atoms with Crippen molar-refractivity contribution in [3.05, 3.63) is 27.3 Å². The van der Waals surface area contributed by atoms with Gasteiger partial charge in [0.2, 0.25) is 5.91 Å². The molecule has 96 valence electrons. The Morgan fingerprint density at radius 1 is 1.56 bits per heavy atom. The van der Waals surface area contributed by atoms with Crippen molar-refractivity contribution in [1.29, 1.82) is 0 Å². The second-order valence-corrected chi connectivity index (χ2v) is 5.31. The lowest BCUT2D eigenvalue weighted by Gasteiger charge is -2.05. The van der Waals surface area contributed by atoms with Crippen molar-refractivity contribution in [3.63, 3.8) is 0 Å². The number of carbonyl (C=O) groups excluding carboxylic acids is 1. The predicted molar refractivity (Wildman–Crippen MR) is 76.0 cm³/mol. The Balaban J connectivity index is 2.64. The van der Waals surface area contributed by atoms with Gasteiger partial charge in [0.15, 0.2) is 0 Å². The minimum absolute atomic E-state index is 0.0250. The summed E-state index contributed by atoms with van der Waals surface area (Å²) in [5.41, 5.74) is 6.39. The van der Waals surface area contributed by atoms with Crippen molar-refractivity contribution in [2.45, 2.75) is 13.0 Å². The maximum Gasteiger partial charge on any atom is 0.237 e. The van der Waals surface area contributed by atoms with Gasteiger partial charge in [-0.25, -0.2) is 9.37 Å². The fourth-order valence-electron chi connectivity index (χ4n) is 1.78. The fraction of sp³-hybridized carbons (Fsp3) is 0.273. The molecule has 2 rings (SSSR count). The maximum atomic E-state index is 13.6. The summed E-state index contributed by atoms with van der Waals surface area (Å²) < 4.78 is 15.7. The van der Waals surface area contributed by atoms with Crippen molar-refractivity contribution < 1.29 is 9.18 Å². The molecule has 4 nitrogen and oxygen atoms in total. The molecule has 7 heteroatoms. The number of aryl methyl sites for hydroxylation is 1. The summed E-state index contributed by atoms with van der Waals surface area (Å²) in [6.07, 6.45) is 0.502. The molecule has 2 aromatic rings. The van der Waals surface area contributed by atoms with Gasteiger partial charge in [-0.1, -0.05) is 0 Å². The zero-order chi connectivity index (χ0) is 13.3. The lowest BCUT2D eigenvalue weighted by Crippen LogP contribution is -2.20. The molecule has 2 N–H and O–H groups in total. The smallest absolute Gasteiger partial charge is 0.237 e. The normalized spacial score (nSPS) is 11.1. The Morgan fingerprint density at radius 3 is 2.89 bits per heavy atom. The van der Waals surface area contributed by atoms with Crippen LogP contribution in [0.1, 0.15) is 5.82 Å². The summed E-state index contributed by atoms with van der Waals surface area (Å²) in [7, 11) is 0.